The summed E-state index contributed by atoms with van der Waals surface area (Å²) in [6, 6.07) is 19.1. The fraction of sp³-hybridized carbons (Fsp3) is 0.355. The number of halogens is 1. The normalized spacial score (nSPS) is 12.4. The van der Waals surface area contributed by atoms with Crippen LogP contribution in [0.15, 0.2) is 77.7 Å². The molecule has 0 saturated carbocycles. The molecule has 2 amide bonds. The summed E-state index contributed by atoms with van der Waals surface area (Å²) in [5.74, 6) is -0.595. The first-order valence-electron chi connectivity index (χ1n) is 13.4. The van der Waals surface area contributed by atoms with E-state index in [9.17, 15) is 18.0 Å². The molecule has 1 atom stereocenters. The lowest BCUT2D eigenvalue weighted by atomic mass is 10.1. The largest absolute Gasteiger partial charge is 0.492 e. The van der Waals surface area contributed by atoms with Crippen molar-refractivity contribution >= 4 is 39.1 Å². The van der Waals surface area contributed by atoms with E-state index in [2.05, 4.69) is 5.32 Å². The molecule has 0 aliphatic rings. The highest BCUT2D eigenvalue weighted by atomic mass is 35.5. The molecule has 8 nitrogen and oxygen atoms in total. The van der Waals surface area contributed by atoms with Crippen LogP contribution in [0, 0.1) is 6.92 Å². The summed E-state index contributed by atoms with van der Waals surface area (Å²) < 4.78 is 34.9. The molecule has 0 aliphatic carbocycles. The van der Waals surface area contributed by atoms with Gasteiger partial charge in [0.2, 0.25) is 11.8 Å². The van der Waals surface area contributed by atoms with Crippen LogP contribution >= 0.6 is 11.6 Å². The van der Waals surface area contributed by atoms with Gasteiger partial charge in [0.15, 0.2) is 0 Å². The van der Waals surface area contributed by atoms with E-state index in [4.69, 9.17) is 16.3 Å². The lowest BCUT2D eigenvalue weighted by Crippen LogP contribution is -2.54. The van der Waals surface area contributed by atoms with Crippen LogP contribution in [0.3, 0.4) is 0 Å². The van der Waals surface area contributed by atoms with Crippen molar-refractivity contribution in [2.75, 3.05) is 17.5 Å². The van der Waals surface area contributed by atoms with Crippen LogP contribution in [0.2, 0.25) is 5.02 Å². The number of hydrogen-bond acceptors (Lipinski definition) is 5. The minimum Gasteiger partial charge on any atom is -0.492 e. The van der Waals surface area contributed by atoms with Crippen LogP contribution in [0.4, 0.5) is 5.69 Å². The second kappa shape index (κ2) is 13.4. The lowest BCUT2D eigenvalue weighted by Gasteiger charge is -2.33. The number of anilines is 1. The Morgan fingerprint density at radius 2 is 1.59 bits per heavy atom. The second-order valence-corrected chi connectivity index (χ2v) is 13.1. The van der Waals surface area contributed by atoms with E-state index in [0.717, 1.165) is 15.4 Å². The Hall–Kier alpha value is -3.56. The van der Waals surface area contributed by atoms with Gasteiger partial charge in [-0.3, -0.25) is 13.9 Å². The summed E-state index contributed by atoms with van der Waals surface area (Å²) in [7, 11) is -4.21. The van der Waals surface area contributed by atoms with Crippen molar-refractivity contribution in [2.45, 2.75) is 64.6 Å². The summed E-state index contributed by atoms with van der Waals surface area (Å²) in [5, 5.41) is 3.45. The highest BCUT2D eigenvalue weighted by Crippen LogP contribution is 2.33. The van der Waals surface area contributed by atoms with Gasteiger partial charge in [0.25, 0.3) is 10.0 Å². The van der Waals surface area contributed by atoms with Gasteiger partial charge in [-0.25, -0.2) is 8.42 Å². The number of nitrogens with zero attached hydrogens (tertiary/aromatic N) is 2. The number of sulfonamides is 1. The zero-order valence-corrected chi connectivity index (χ0v) is 25.9. The number of hydrogen-bond donors (Lipinski definition) is 1. The topological polar surface area (TPSA) is 96.0 Å². The Balaban J connectivity index is 2.08. The van der Waals surface area contributed by atoms with Crippen molar-refractivity contribution < 1.29 is 22.7 Å². The zero-order valence-electron chi connectivity index (χ0n) is 24.3. The molecular formula is C31H38ClN3O5S. The first-order chi connectivity index (χ1) is 19.2. The molecule has 0 unspecified atom stereocenters. The van der Waals surface area contributed by atoms with E-state index >= 15 is 0 Å². The number of rotatable bonds is 11. The number of carbonyl (C=O) groups excluding carboxylic acids is 2. The Bertz CT molecular complexity index is 1450. The molecular weight excluding hydrogens is 562 g/mol. The van der Waals surface area contributed by atoms with Crippen molar-refractivity contribution in [1.29, 1.82) is 0 Å². The predicted octanol–water partition coefficient (Wildman–Crippen LogP) is 5.57. The number of para-hydroxylation sites is 2. The summed E-state index contributed by atoms with van der Waals surface area (Å²) in [5.41, 5.74) is 1.33. The van der Waals surface area contributed by atoms with Crippen molar-refractivity contribution in [3.8, 4) is 5.75 Å². The third kappa shape index (κ3) is 8.47. The molecule has 41 heavy (non-hydrogen) atoms. The Kier molecular flexibility index (Phi) is 10.4. The minimum atomic E-state index is -4.21. The summed E-state index contributed by atoms with van der Waals surface area (Å²) in [6.07, 6.45) is 0. The third-order valence-corrected chi connectivity index (χ3v) is 8.28. The third-order valence-electron chi connectivity index (χ3n) is 6.25. The van der Waals surface area contributed by atoms with Crippen LogP contribution in [-0.2, 0) is 26.2 Å². The van der Waals surface area contributed by atoms with Crippen LogP contribution in [0.1, 0.15) is 45.7 Å². The van der Waals surface area contributed by atoms with Gasteiger partial charge in [-0.05, 0) is 83.5 Å². The van der Waals surface area contributed by atoms with Gasteiger partial charge < -0.3 is 15.0 Å². The van der Waals surface area contributed by atoms with Gasteiger partial charge in [0, 0.05) is 17.1 Å². The molecule has 3 aromatic carbocycles. The first-order valence-corrected chi connectivity index (χ1v) is 15.2. The van der Waals surface area contributed by atoms with Crippen molar-refractivity contribution in [3.05, 3.63) is 88.9 Å². The van der Waals surface area contributed by atoms with Gasteiger partial charge in [-0.15, -0.1) is 0 Å². The fourth-order valence-corrected chi connectivity index (χ4v) is 5.69. The molecule has 0 radical (unpaired) electrons. The van der Waals surface area contributed by atoms with Gasteiger partial charge in [0.1, 0.15) is 18.3 Å². The van der Waals surface area contributed by atoms with E-state index in [1.165, 1.54) is 17.0 Å². The van der Waals surface area contributed by atoms with Crippen molar-refractivity contribution in [1.82, 2.24) is 10.2 Å². The van der Waals surface area contributed by atoms with Crippen LogP contribution in [0.25, 0.3) is 0 Å². The van der Waals surface area contributed by atoms with E-state index in [0.29, 0.717) is 17.4 Å². The standard InChI is InChI=1S/C31H38ClN3O5S/c1-7-40-28-11-9-8-10-27(28)35(41(38,39)26-18-12-22(2)13-19-26)21-29(36)34(20-24-14-16-25(32)17-15-24)23(3)30(37)33-31(4,5)6/h8-19,23H,7,20-21H2,1-6H3,(H,33,37)/t23-/m0/s1. The number of ether oxygens (including phenoxy) is 1. The smallest absolute Gasteiger partial charge is 0.264 e. The van der Waals surface area contributed by atoms with Crippen LogP contribution < -0.4 is 14.4 Å². The molecule has 0 spiro atoms. The van der Waals surface area contributed by atoms with Crippen molar-refractivity contribution in [2.24, 2.45) is 0 Å². The van der Waals surface area contributed by atoms with Crippen LogP contribution in [-0.4, -0.2) is 49.9 Å². The molecule has 10 heteroatoms. The Labute approximate surface area is 248 Å². The number of aryl methyl sites for hydroxylation is 1. The first kappa shape index (κ1) is 32.0. The Morgan fingerprint density at radius 3 is 2.17 bits per heavy atom. The molecule has 1 N–H and O–H groups in total. The monoisotopic (exact) mass is 599 g/mol. The maximum absolute atomic E-state index is 14.1. The molecule has 3 aromatic rings. The average Bonchev–Trinajstić information content (AvgIpc) is 2.91. The molecule has 0 saturated heterocycles. The van der Waals surface area contributed by atoms with Gasteiger partial charge in [0.05, 0.1) is 17.2 Å². The molecule has 220 valence electrons. The Morgan fingerprint density at radius 1 is 0.976 bits per heavy atom. The number of amides is 2. The van der Waals surface area contributed by atoms with E-state index in [-0.39, 0.29) is 23.0 Å². The van der Waals surface area contributed by atoms with Crippen molar-refractivity contribution in [3.63, 3.8) is 0 Å². The minimum absolute atomic E-state index is 0.0324. The lowest BCUT2D eigenvalue weighted by molar-refractivity contribution is -0.140. The molecule has 0 aliphatic heterocycles. The maximum Gasteiger partial charge on any atom is 0.264 e. The molecule has 0 fully saturated rings. The maximum atomic E-state index is 14.1. The fourth-order valence-electron chi connectivity index (χ4n) is 4.13. The summed E-state index contributed by atoms with van der Waals surface area (Å²) in [6.45, 7) is 10.7. The van der Waals surface area contributed by atoms with Gasteiger partial charge >= 0.3 is 0 Å². The van der Waals surface area contributed by atoms with Gasteiger partial charge in [-0.1, -0.05) is 53.6 Å². The molecule has 0 heterocycles. The zero-order chi connectivity index (χ0) is 30.4. The second-order valence-electron chi connectivity index (χ2n) is 10.8. The summed E-state index contributed by atoms with van der Waals surface area (Å²) >= 11 is 6.06. The van der Waals surface area contributed by atoms with Gasteiger partial charge in [-0.2, -0.15) is 0 Å². The predicted molar refractivity (Wildman–Crippen MR) is 163 cm³/mol. The highest BCUT2D eigenvalue weighted by Gasteiger charge is 2.34. The van der Waals surface area contributed by atoms with Crippen LogP contribution in [0.5, 0.6) is 5.75 Å². The molecule has 0 bridgehead atoms. The average molecular weight is 600 g/mol. The molecule has 3 rings (SSSR count). The molecule has 0 aromatic heterocycles. The highest BCUT2D eigenvalue weighted by molar-refractivity contribution is 7.92. The van der Waals surface area contributed by atoms with E-state index < -0.39 is 34.1 Å². The quantitative estimate of drug-likeness (QED) is 0.311. The number of nitrogens with one attached hydrogen (secondary N) is 1. The van der Waals surface area contributed by atoms with E-state index in [1.54, 1.807) is 74.5 Å². The number of carbonyl (C=O) groups is 2. The summed E-state index contributed by atoms with van der Waals surface area (Å²) in [4.78, 5) is 28.7. The SMILES string of the molecule is CCOc1ccccc1N(CC(=O)N(Cc1ccc(Cl)cc1)[C@@H](C)C(=O)NC(C)(C)C)S(=O)(=O)c1ccc(C)cc1. The van der Waals surface area contributed by atoms with E-state index in [1.807, 2.05) is 27.7 Å². The number of benzene rings is 3.